The fraction of sp³-hybridized carbons (Fsp3) is 0.417. The lowest BCUT2D eigenvalue weighted by Gasteiger charge is -2.16. The maximum absolute atomic E-state index is 8.72. The number of hydrogen-bond donors (Lipinski definition) is 1. The summed E-state index contributed by atoms with van der Waals surface area (Å²) in [6.45, 7) is 5.91. The average molecular weight is 204 g/mol. The van der Waals surface area contributed by atoms with Crippen LogP contribution in [0.25, 0.3) is 0 Å². The molecular weight excluding hydrogens is 188 g/mol. The molecule has 80 valence electrons. The molecule has 0 radical (unpaired) electrons. The normalized spacial score (nSPS) is 14.1. The van der Waals surface area contributed by atoms with Crippen LogP contribution in [0.3, 0.4) is 0 Å². The predicted octanol–water partition coefficient (Wildman–Crippen LogP) is 1.92. The number of nitrogens with two attached hydrogens (primary N) is 1. The van der Waals surface area contributed by atoms with E-state index in [2.05, 4.69) is 0 Å². The average Bonchev–Trinajstić information content (AvgIpc) is 2.20. The monoisotopic (exact) mass is 204 g/mol. The fourth-order valence-electron chi connectivity index (χ4n) is 1.07. The number of hydrogen-bond acceptors (Lipinski definition) is 3. The summed E-state index contributed by atoms with van der Waals surface area (Å²) in [7, 11) is 0. The molecule has 1 atom stereocenters. The van der Waals surface area contributed by atoms with Crippen molar-refractivity contribution in [2.24, 2.45) is 5.73 Å². The van der Waals surface area contributed by atoms with E-state index in [9.17, 15) is 0 Å². The van der Waals surface area contributed by atoms with Crippen LogP contribution in [0.4, 0.5) is 0 Å². The fourth-order valence-corrected chi connectivity index (χ4v) is 1.07. The van der Waals surface area contributed by atoms with Crippen molar-refractivity contribution in [1.29, 1.82) is 5.26 Å². The van der Waals surface area contributed by atoms with Crippen molar-refractivity contribution in [1.82, 2.24) is 0 Å². The molecule has 3 nitrogen and oxygen atoms in total. The quantitative estimate of drug-likeness (QED) is 0.818. The number of nitrogens with zero attached hydrogens (tertiary/aromatic N) is 1. The van der Waals surface area contributed by atoms with Gasteiger partial charge in [-0.15, -0.1) is 0 Å². The first-order valence-electron chi connectivity index (χ1n) is 4.85. The van der Waals surface area contributed by atoms with E-state index in [1.54, 1.807) is 6.92 Å². The lowest BCUT2D eigenvalue weighted by Crippen LogP contribution is -2.40. The molecule has 1 unspecified atom stereocenters. The molecule has 1 aromatic rings. The second kappa shape index (κ2) is 4.33. The van der Waals surface area contributed by atoms with E-state index in [0.29, 0.717) is 0 Å². The maximum atomic E-state index is 8.72. The molecule has 0 saturated heterocycles. The van der Waals surface area contributed by atoms with Gasteiger partial charge in [0.25, 0.3) is 0 Å². The Morgan fingerprint density at radius 3 is 2.60 bits per heavy atom. The van der Waals surface area contributed by atoms with Crippen LogP contribution in [0.15, 0.2) is 18.2 Å². The summed E-state index contributed by atoms with van der Waals surface area (Å²) in [5.74, 6) is 0.755. The summed E-state index contributed by atoms with van der Waals surface area (Å²) in [5.41, 5.74) is 7.10. The summed E-state index contributed by atoms with van der Waals surface area (Å²) < 4.78 is 5.45. The van der Waals surface area contributed by atoms with Crippen LogP contribution in [0, 0.1) is 25.2 Å². The van der Waals surface area contributed by atoms with Crippen molar-refractivity contribution >= 4 is 0 Å². The van der Waals surface area contributed by atoms with Crippen LogP contribution < -0.4 is 10.5 Å². The largest absolute Gasteiger partial charge is 0.491 e. The van der Waals surface area contributed by atoms with Crippen LogP contribution in [0.5, 0.6) is 5.75 Å². The van der Waals surface area contributed by atoms with Crippen molar-refractivity contribution < 1.29 is 4.74 Å². The Labute approximate surface area is 90.5 Å². The van der Waals surface area contributed by atoms with E-state index in [0.717, 1.165) is 5.75 Å². The van der Waals surface area contributed by atoms with Gasteiger partial charge in [0, 0.05) is 0 Å². The van der Waals surface area contributed by atoms with Crippen molar-refractivity contribution in [3.05, 3.63) is 29.3 Å². The van der Waals surface area contributed by atoms with Gasteiger partial charge in [0.1, 0.15) is 17.9 Å². The van der Waals surface area contributed by atoms with Gasteiger partial charge in [-0.2, -0.15) is 5.26 Å². The molecule has 0 aliphatic heterocycles. The minimum Gasteiger partial charge on any atom is -0.491 e. The molecule has 0 aliphatic rings. The Morgan fingerprint density at radius 2 is 2.07 bits per heavy atom. The molecule has 3 heteroatoms. The molecule has 15 heavy (non-hydrogen) atoms. The lowest BCUT2D eigenvalue weighted by atomic mass is 10.1. The van der Waals surface area contributed by atoms with Gasteiger partial charge in [0.15, 0.2) is 0 Å². The molecule has 0 heterocycles. The molecule has 1 aromatic carbocycles. The Kier molecular flexibility index (Phi) is 3.33. The van der Waals surface area contributed by atoms with Gasteiger partial charge in [-0.3, -0.25) is 0 Å². The second-order valence-corrected chi connectivity index (χ2v) is 4.06. The van der Waals surface area contributed by atoms with Crippen LogP contribution in [0.1, 0.15) is 18.1 Å². The third-order valence-electron chi connectivity index (χ3n) is 2.27. The van der Waals surface area contributed by atoms with Gasteiger partial charge in [0.05, 0.1) is 6.07 Å². The Balaban J connectivity index is 2.67. The molecule has 0 aliphatic carbocycles. The molecule has 0 saturated carbocycles. The number of aryl methyl sites for hydroxylation is 2. The van der Waals surface area contributed by atoms with Gasteiger partial charge in [-0.1, -0.05) is 6.07 Å². The molecule has 0 amide bonds. The topological polar surface area (TPSA) is 59.0 Å². The molecular formula is C12H16N2O. The number of nitriles is 1. The molecule has 0 spiro atoms. The van der Waals surface area contributed by atoms with Gasteiger partial charge < -0.3 is 10.5 Å². The summed E-state index contributed by atoms with van der Waals surface area (Å²) in [6.07, 6.45) is 0. The van der Waals surface area contributed by atoms with Crippen LogP contribution in [-0.2, 0) is 0 Å². The van der Waals surface area contributed by atoms with E-state index in [4.69, 9.17) is 15.7 Å². The van der Waals surface area contributed by atoms with Gasteiger partial charge in [-0.25, -0.2) is 0 Å². The van der Waals surface area contributed by atoms with Crippen LogP contribution in [-0.4, -0.2) is 12.1 Å². The van der Waals surface area contributed by atoms with Crippen molar-refractivity contribution in [2.75, 3.05) is 6.61 Å². The first kappa shape index (κ1) is 11.5. The molecule has 0 bridgehead atoms. The summed E-state index contributed by atoms with van der Waals surface area (Å²) in [5, 5.41) is 8.72. The highest BCUT2D eigenvalue weighted by atomic mass is 16.5. The van der Waals surface area contributed by atoms with E-state index in [1.165, 1.54) is 11.1 Å². The maximum Gasteiger partial charge on any atom is 0.135 e. The minimum absolute atomic E-state index is 0.200. The highest BCUT2D eigenvalue weighted by Gasteiger charge is 2.18. The third kappa shape index (κ3) is 3.26. The number of ether oxygens (including phenoxy) is 1. The van der Waals surface area contributed by atoms with E-state index in [-0.39, 0.29) is 6.61 Å². The smallest absolute Gasteiger partial charge is 0.135 e. The second-order valence-electron chi connectivity index (χ2n) is 4.06. The van der Waals surface area contributed by atoms with E-state index < -0.39 is 5.54 Å². The summed E-state index contributed by atoms with van der Waals surface area (Å²) in [4.78, 5) is 0. The first-order valence-corrected chi connectivity index (χ1v) is 4.85. The zero-order chi connectivity index (χ0) is 11.5. The highest BCUT2D eigenvalue weighted by Crippen LogP contribution is 2.17. The van der Waals surface area contributed by atoms with Gasteiger partial charge in [-0.05, 0) is 44.0 Å². The highest BCUT2D eigenvalue weighted by molar-refractivity contribution is 5.33. The standard InChI is InChI=1S/C12H16N2O/c1-9-4-5-11(6-10(9)2)15-8-12(3,14)7-13/h4-6H,8,14H2,1-3H3. The number of rotatable bonds is 3. The Morgan fingerprint density at radius 1 is 1.40 bits per heavy atom. The molecule has 0 fully saturated rings. The van der Waals surface area contributed by atoms with Crippen molar-refractivity contribution in [3.8, 4) is 11.8 Å². The zero-order valence-corrected chi connectivity index (χ0v) is 9.37. The molecule has 1 rings (SSSR count). The van der Waals surface area contributed by atoms with E-state index >= 15 is 0 Å². The first-order chi connectivity index (χ1) is 6.94. The molecule has 2 N–H and O–H groups in total. The van der Waals surface area contributed by atoms with Gasteiger partial charge in [0.2, 0.25) is 0 Å². The van der Waals surface area contributed by atoms with Crippen molar-refractivity contribution in [3.63, 3.8) is 0 Å². The third-order valence-corrected chi connectivity index (χ3v) is 2.27. The summed E-state index contributed by atoms with van der Waals surface area (Å²) >= 11 is 0. The SMILES string of the molecule is Cc1ccc(OCC(C)(N)C#N)cc1C. The molecule has 0 aromatic heterocycles. The lowest BCUT2D eigenvalue weighted by molar-refractivity contribution is 0.264. The Bertz CT molecular complexity index is 391. The minimum atomic E-state index is -0.932. The van der Waals surface area contributed by atoms with Crippen LogP contribution in [0.2, 0.25) is 0 Å². The summed E-state index contributed by atoms with van der Waals surface area (Å²) in [6, 6.07) is 7.81. The number of benzene rings is 1. The van der Waals surface area contributed by atoms with E-state index in [1.807, 2.05) is 38.1 Å². The van der Waals surface area contributed by atoms with Crippen molar-refractivity contribution in [2.45, 2.75) is 26.3 Å². The van der Waals surface area contributed by atoms with Gasteiger partial charge >= 0.3 is 0 Å². The predicted molar refractivity (Wildman–Crippen MR) is 59.6 cm³/mol. The van der Waals surface area contributed by atoms with Crippen LogP contribution >= 0.6 is 0 Å². The zero-order valence-electron chi connectivity index (χ0n) is 9.37. The Hall–Kier alpha value is -1.53.